The number of hydrogen-bond acceptors (Lipinski definition) is 3. The first-order valence-corrected chi connectivity index (χ1v) is 6.28. The van der Waals surface area contributed by atoms with E-state index in [1.165, 1.54) is 0 Å². The molecule has 5 heteroatoms. The predicted octanol–water partition coefficient (Wildman–Crippen LogP) is 1.15. The maximum atomic E-state index is 11.8. The minimum atomic E-state index is -0.223. The highest BCUT2D eigenvalue weighted by molar-refractivity contribution is 5.89. The van der Waals surface area contributed by atoms with Gasteiger partial charge in [0.15, 0.2) is 0 Å². The largest absolute Gasteiger partial charge is 0.467 e. The summed E-state index contributed by atoms with van der Waals surface area (Å²) < 4.78 is 5.21. The highest BCUT2D eigenvalue weighted by Crippen LogP contribution is 2.20. The van der Waals surface area contributed by atoms with Crippen molar-refractivity contribution in [1.29, 1.82) is 0 Å². The Bertz CT molecular complexity index is 414. The lowest BCUT2D eigenvalue weighted by Gasteiger charge is -2.14. The van der Waals surface area contributed by atoms with Crippen LogP contribution in [0, 0.1) is 5.92 Å². The molecule has 1 aromatic heterocycles. The third kappa shape index (κ3) is 2.91. The van der Waals surface area contributed by atoms with Gasteiger partial charge >= 0.3 is 0 Å². The van der Waals surface area contributed by atoms with E-state index in [-0.39, 0.29) is 17.7 Å². The van der Waals surface area contributed by atoms with Crippen LogP contribution in [0.15, 0.2) is 22.8 Å². The van der Waals surface area contributed by atoms with Gasteiger partial charge < -0.3 is 14.6 Å². The number of amides is 2. The van der Waals surface area contributed by atoms with Crippen LogP contribution in [0.3, 0.4) is 0 Å². The van der Waals surface area contributed by atoms with E-state index < -0.39 is 0 Å². The highest BCUT2D eigenvalue weighted by atomic mass is 16.3. The van der Waals surface area contributed by atoms with Crippen molar-refractivity contribution in [2.45, 2.75) is 26.3 Å². The Kier molecular flexibility index (Phi) is 4.02. The average Bonchev–Trinajstić information content (AvgIpc) is 2.98. The number of likely N-dealkylation sites (tertiary alicyclic amines) is 1. The first-order valence-electron chi connectivity index (χ1n) is 6.28. The molecule has 1 aliphatic rings. The Morgan fingerprint density at radius 1 is 1.61 bits per heavy atom. The van der Waals surface area contributed by atoms with Gasteiger partial charge in [-0.1, -0.05) is 6.92 Å². The summed E-state index contributed by atoms with van der Waals surface area (Å²) in [6.07, 6.45) is 2.79. The van der Waals surface area contributed by atoms with E-state index in [2.05, 4.69) is 5.32 Å². The van der Waals surface area contributed by atoms with Crippen LogP contribution >= 0.6 is 0 Å². The lowest BCUT2D eigenvalue weighted by molar-refractivity contribution is -0.129. The van der Waals surface area contributed by atoms with Crippen molar-refractivity contribution >= 4 is 11.8 Å². The summed E-state index contributed by atoms with van der Waals surface area (Å²) in [5, 5.41) is 2.83. The summed E-state index contributed by atoms with van der Waals surface area (Å²) >= 11 is 0. The lowest BCUT2D eigenvalue weighted by Crippen LogP contribution is -2.33. The van der Waals surface area contributed by atoms with Crippen LogP contribution in [0.5, 0.6) is 0 Å². The van der Waals surface area contributed by atoms with E-state index in [9.17, 15) is 9.59 Å². The van der Waals surface area contributed by atoms with Crippen LogP contribution in [0.1, 0.15) is 25.5 Å². The van der Waals surface area contributed by atoms with Crippen molar-refractivity contribution in [3.63, 3.8) is 0 Å². The minimum Gasteiger partial charge on any atom is -0.467 e. The monoisotopic (exact) mass is 250 g/mol. The number of rotatable bonds is 5. The summed E-state index contributed by atoms with van der Waals surface area (Å²) in [4.78, 5) is 25.3. The minimum absolute atomic E-state index is 0.0167. The molecule has 1 saturated heterocycles. The summed E-state index contributed by atoms with van der Waals surface area (Å²) in [5.41, 5.74) is 0. The zero-order valence-electron chi connectivity index (χ0n) is 10.5. The van der Waals surface area contributed by atoms with Crippen molar-refractivity contribution in [3.05, 3.63) is 24.2 Å². The van der Waals surface area contributed by atoms with Gasteiger partial charge in [0.05, 0.1) is 18.7 Å². The quantitative estimate of drug-likeness (QED) is 0.852. The maximum Gasteiger partial charge on any atom is 0.225 e. The van der Waals surface area contributed by atoms with E-state index in [0.717, 1.165) is 12.2 Å². The summed E-state index contributed by atoms with van der Waals surface area (Å²) in [7, 11) is 0. The van der Waals surface area contributed by atoms with Gasteiger partial charge in [0.1, 0.15) is 5.76 Å². The Morgan fingerprint density at radius 2 is 2.44 bits per heavy atom. The average molecular weight is 250 g/mol. The van der Waals surface area contributed by atoms with Gasteiger partial charge in [0.2, 0.25) is 11.8 Å². The van der Waals surface area contributed by atoms with Gasteiger partial charge in [0, 0.05) is 19.5 Å². The van der Waals surface area contributed by atoms with Crippen LogP contribution in [0.4, 0.5) is 0 Å². The fourth-order valence-electron chi connectivity index (χ4n) is 2.08. The van der Waals surface area contributed by atoms with Gasteiger partial charge in [-0.05, 0) is 18.6 Å². The Hall–Kier alpha value is -1.78. The molecule has 0 unspecified atom stereocenters. The first-order chi connectivity index (χ1) is 8.70. The molecule has 0 radical (unpaired) electrons. The molecule has 1 N–H and O–H groups in total. The van der Waals surface area contributed by atoms with E-state index >= 15 is 0 Å². The second-order valence-electron chi connectivity index (χ2n) is 4.55. The van der Waals surface area contributed by atoms with Crippen molar-refractivity contribution in [1.82, 2.24) is 10.2 Å². The second kappa shape index (κ2) is 5.71. The molecule has 2 heterocycles. The molecule has 1 aromatic rings. The zero-order chi connectivity index (χ0) is 13.0. The Balaban J connectivity index is 1.88. The van der Waals surface area contributed by atoms with Crippen LogP contribution in [0.25, 0.3) is 0 Å². The third-order valence-electron chi connectivity index (χ3n) is 3.06. The van der Waals surface area contributed by atoms with Crippen LogP contribution in [-0.4, -0.2) is 29.8 Å². The normalized spacial score (nSPS) is 19.3. The summed E-state index contributed by atoms with van der Waals surface area (Å²) in [6.45, 7) is 3.60. The Morgan fingerprint density at radius 3 is 3.11 bits per heavy atom. The molecule has 0 bridgehead atoms. The van der Waals surface area contributed by atoms with Gasteiger partial charge in [-0.25, -0.2) is 0 Å². The fraction of sp³-hybridized carbons (Fsp3) is 0.538. The SMILES string of the molecule is CCCNC(=O)[C@H]1CC(=O)N(Cc2ccco2)C1. The predicted molar refractivity (Wildman–Crippen MR) is 65.5 cm³/mol. The van der Waals surface area contributed by atoms with E-state index in [4.69, 9.17) is 4.42 Å². The second-order valence-corrected chi connectivity index (χ2v) is 4.55. The van der Waals surface area contributed by atoms with Gasteiger partial charge in [-0.2, -0.15) is 0 Å². The molecule has 0 aliphatic carbocycles. The smallest absolute Gasteiger partial charge is 0.225 e. The first kappa shape index (κ1) is 12.7. The van der Waals surface area contributed by atoms with E-state index in [0.29, 0.717) is 26.1 Å². The number of hydrogen-bond donors (Lipinski definition) is 1. The molecule has 2 rings (SSSR count). The molecule has 1 atom stereocenters. The third-order valence-corrected chi connectivity index (χ3v) is 3.06. The molecule has 98 valence electrons. The molecular weight excluding hydrogens is 232 g/mol. The summed E-state index contributed by atoms with van der Waals surface area (Å²) in [6, 6.07) is 3.62. The number of carbonyl (C=O) groups excluding carboxylic acids is 2. The van der Waals surface area contributed by atoms with Gasteiger partial charge in [-0.15, -0.1) is 0 Å². The van der Waals surface area contributed by atoms with Crippen LogP contribution in [-0.2, 0) is 16.1 Å². The van der Waals surface area contributed by atoms with Gasteiger partial charge in [-0.3, -0.25) is 9.59 Å². The van der Waals surface area contributed by atoms with Crippen molar-refractivity contribution in [2.24, 2.45) is 5.92 Å². The number of nitrogens with one attached hydrogen (secondary N) is 1. The topological polar surface area (TPSA) is 62.6 Å². The lowest BCUT2D eigenvalue weighted by atomic mass is 10.1. The maximum absolute atomic E-state index is 11.8. The summed E-state index contributed by atoms with van der Waals surface area (Å²) in [5.74, 6) is 0.521. The molecule has 1 fully saturated rings. The van der Waals surface area contributed by atoms with E-state index in [1.807, 2.05) is 13.0 Å². The molecule has 18 heavy (non-hydrogen) atoms. The standard InChI is InChI=1S/C13H18N2O3/c1-2-5-14-13(17)10-7-12(16)15(8-10)9-11-4-3-6-18-11/h3-4,6,10H,2,5,7-9H2,1H3,(H,14,17)/t10-/m0/s1. The molecule has 5 nitrogen and oxygen atoms in total. The van der Waals surface area contributed by atoms with Crippen molar-refractivity contribution in [2.75, 3.05) is 13.1 Å². The Labute approximate surface area is 106 Å². The van der Waals surface area contributed by atoms with Crippen molar-refractivity contribution in [3.8, 4) is 0 Å². The van der Waals surface area contributed by atoms with Gasteiger partial charge in [0.25, 0.3) is 0 Å². The highest BCUT2D eigenvalue weighted by Gasteiger charge is 2.34. The molecule has 0 spiro atoms. The molecule has 0 aromatic carbocycles. The van der Waals surface area contributed by atoms with E-state index in [1.54, 1.807) is 17.2 Å². The van der Waals surface area contributed by atoms with Crippen LogP contribution in [0.2, 0.25) is 0 Å². The number of furan rings is 1. The molecule has 2 amide bonds. The molecule has 0 saturated carbocycles. The van der Waals surface area contributed by atoms with Crippen molar-refractivity contribution < 1.29 is 14.0 Å². The fourth-order valence-corrected chi connectivity index (χ4v) is 2.08. The molecular formula is C13H18N2O3. The zero-order valence-corrected chi connectivity index (χ0v) is 10.5. The number of carbonyl (C=O) groups is 2. The number of nitrogens with zero attached hydrogens (tertiary/aromatic N) is 1. The van der Waals surface area contributed by atoms with Crippen LogP contribution < -0.4 is 5.32 Å². The molecule has 1 aliphatic heterocycles.